The topological polar surface area (TPSA) is 163 Å². The average molecular weight is 373 g/mol. The van der Waals surface area contributed by atoms with Gasteiger partial charge >= 0.3 is 17.8 Å². The molecule has 0 atom stereocenters. The third-order valence-electron chi connectivity index (χ3n) is 2.85. The molecular weight excluding hydrogens is 350 g/mol. The number of carbonyl (C=O) groups is 3. The molecule has 0 aliphatic rings. The van der Waals surface area contributed by atoms with E-state index in [0.29, 0.717) is 5.71 Å². The number of hydroxylamine groups is 1. The van der Waals surface area contributed by atoms with Crippen LogP contribution in [0, 0.1) is 10.1 Å². The summed E-state index contributed by atoms with van der Waals surface area (Å²) in [7, 11) is 1.47. The molecule has 0 unspecified atom stereocenters. The van der Waals surface area contributed by atoms with E-state index in [0.717, 1.165) is 6.20 Å². The molecule has 0 fully saturated rings. The summed E-state index contributed by atoms with van der Waals surface area (Å²) in [6.45, 7) is 3.42. The SMILES string of the molecule is CC(C)=N/C=C(\N(C)CCOC(=O)CCCC(=O)NC(=O)NO)[N+](=O)[O-]. The Morgan fingerprint density at radius 2 is 1.96 bits per heavy atom. The summed E-state index contributed by atoms with van der Waals surface area (Å²) in [5.41, 5.74) is 1.90. The van der Waals surface area contributed by atoms with Crippen molar-refractivity contribution in [2.24, 2.45) is 4.99 Å². The number of rotatable bonds is 10. The normalized spacial score (nSPS) is 10.5. The Morgan fingerprint density at radius 3 is 2.50 bits per heavy atom. The van der Waals surface area contributed by atoms with Crippen molar-refractivity contribution in [2.45, 2.75) is 33.1 Å². The highest BCUT2D eigenvalue weighted by molar-refractivity contribution is 5.93. The van der Waals surface area contributed by atoms with Crippen LogP contribution in [-0.2, 0) is 14.3 Å². The van der Waals surface area contributed by atoms with Gasteiger partial charge < -0.3 is 14.9 Å². The first-order chi connectivity index (χ1) is 12.2. The molecule has 0 rings (SSSR count). The van der Waals surface area contributed by atoms with Gasteiger partial charge in [-0.25, -0.2) is 10.3 Å². The third-order valence-corrected chi connectivity index (χ3v) is 2.85. The van der Waals surface area contributed by atoms with Crippen molar-refractivity contribution in [2.75, 3.05) is 20.2 Å². The summed E-state index contributed by atoms with van der Waals surface area (Å²) in [4.78, 5) is 49.0. The fourth-order valence-corrected chi connectivity index (χ4v) is 1.57. The lowest BCUT2D eigenvalue weighted by molar-refractivity contribution is -0.445. The van der Waals surface area contributed by atoms with E-state index in [9.17, 15) is 24.5 Å². The molecule has 0 aromatic heterocycles. The summed E-state index contributed by atoms with van der Waals surface area (Å²) in [6.07, 6.45) is 1.10. The zero-order chi connectivity index (χ0) is 20.1. The van der Waals surface area contributed by atoms with Crippen molar-refractivity contribution < 1.29 is 29.3 Å². The molecule has 3 amide bonds. The van der Waals surface area contributed by atoms with Crippen LogP contribution in [0.4, 0.5) is 4.79 Å². The summed E-state index contributed by atoms with van der Waals surface area (Å²) >= 11 is 0. The second-order valence-corrected chi connectivity index (χ2v) is 5.31. The quantitative estimate of drug-likeness (QED) is 0.163. The van der Waals surface area contributed by atoms with Gasteiger partial charge in [0.2, 0.25) is 5.91 Å². The Hall–Kier alpha value is -3.02. The number of imide groups is 1. The van der Waals surface area contributed by atoms with E-state index in [1.54, 1.807) is 13.8 Å². The Labute approximate surface area is 150 Å². The fourth-order valence-electron chi connectivity index (χ4n) is 1.57. The molecule has 0 saturated heterocycles. The van der Waals surface area contributed by atoms with Crippen LogP contribution in [0.2, 0.25) is 0 Å². The first-order valence-corrected chi connectivity index (χ1v) is 7.63. The van der Waals surface area contributed by atoms with E-state index in [4.69, 9.17) is 9.94 Å². The zero-order valence-corrected chi connectivity index (χ0v) is 14.9. The van der Waals surface area contributed by atoms with Crippen LogP contribution in [0.5, 0.6) is 0 Å². The number of carbonyl (C=O) groups excluding carboxylic acids is 3. The van der Waals surface area contributed by atoms with Crippen LogP contribution in [0.15, 0.2) is 17.0 Å². The number of amides is 3. The molecule has 0 aliphatic carbocycles. The van der Waals surface area contributed by atoms with Crippen LogP contribution in [0.1, 0.15) is 33.1 Å². The zero-order valence-electron chi connectivity index (χ0n) is 14.9. The number of urea groups is 1. The number of hydrogen-bond donors (Lipinski definition) is 3. The lowest BCUT2D eigenvalue weighted by Gasteiger charge is -2.13. The van der Waals surface area contributed by atoms with Crippen molar-refractivity contribution in [1.82, 2.24) is 15.7 Å². The summed E-state index contributed by atoms with van der Waals surface area (Å²) in [6, 6.07) is -1.06. The minimum Gasteiger partial charge on any atom is -0.462 e. The number of hydrogen-bond acceptors (Lipinski definition) is 9. The van der Waals surface area contributed by atoms with Gasteiger partial charge in [-0.1, -0.05) is 0 Å². The van der Waals surface area contributed by atoms with Crippen LogP contribution < -0.4 is 10.8 Å². The number of ether oxygens (including phenoxy) is 1. The molecule has 12 nitrogen and oxygen atoms in total. The molecule has 12 heteroatoms. The molecule has 0 aromatic carbocycles. The molecule has 0 radical (unpaired) electrons. The molecule has 0 spiro atoms. The smallest absolute Gasteiger partial charge is 0.345 e. The average Bonchev–Trinajstić information content (AvgIpc) is 2.54. The van der Waals surface area contributed by atoms with Crippen molar-refractivity contribution in [1.29, 1.82) is 0 Å². The van der Waals surface area contributed by atoms with Crippen molar-refractivity contribution in [3.63, 3.8) is 0 Å². The lowest BCUT2D eigenvalue weighted by atomic mass is 10.2. The van der Waals surface area contributed by atoms with Crippen LogP contribution in [-0.4, -0.2) is 58.8 Å². The molecule has 0 aromatic rings. The van der Waals surface area contributed by atoms with E-state index in [-0.39, 0.29) is 38.2 Å². The van der Waals surface area contributed by atoms with Gasteiger partial charge in [-0.3, -0.25) is 30.0 Å². The molecule has 0 aliphatic heterocycles. The van der Waals surface area contributed by atoms with Gasteiger partial charge in [0, 0.05) is 18.6 Å². The summed E-state index contributed by atoms with van der Waals surface area (Å²) in [5.74, 6) is -1.47. The number of esters is 1. The Bertz CT molecular complexity index is 584. The first kappa shape index (κ1) is 23.0. The number of aliphatic imine (C=N–C) groups is 1. The highest BCUT2D eigenvalue weighted by Crippen LogP contribution is 2.04. The number of nitro groups is 1. The van der Waals surface area contributed by atoms with Gasteiger partial charge in [0.25, 0.3) is 0 Å². The fraction of sp³-hybridized carbons (Fsp3) is 0.571. The minimum absolute atomic E-state index is 0.0604. The van der Waals surface area contributed by atoms with E-state index in [1.165, 1.54) is 17.4 Å². The predicted molar refractivity (Wildman–Crippen MR) is 89.8 cm³/mol. The van der Waals surface area contributed by atoms with E-state index >= 15 is 0 Å². The van der Waals surface area contributed by atoms with E-state index in [1.807, 2.05) is 5.32 Å². The van der Waals surface area contributed by atoms with Gasteiger partial charge in [-0.15, -0.1) is 0 Å². The monoisotopic (exact) mass is 373 g/mol. The number of nitrogens with zero attached hydrogens (tertiary/aromatic N) is 3. The lowest BCUT2D eigenvalue weighted by Crippen LogP contribution is -2.37. The second kappa shape index (κ2) is 12.4. The Kier molecular flexibility index (Phi) is 10.9. The maximum atomic E-state index is 11.5. The van der Waals surface area contributed by atoms with Gasteiger partial charge in [0.1, 0.15) is 19.4 Å². The van der Waals surface area contributed by atoms with E-state index < -0.39 is 22.8 Å². The van der Waals surface area contributed by atoms with Gasteiger partial charge in [0.05, 0.1) is 7.05 Å². The predicted octanol–water partition coefficient (Wildman–Crippen LogP) is 0.403. The third kappa shape index (κ3) is 10.7. The van der Waals surface area contributed by atoms with Gasteiger partial charge in [-0.2, -0.15) is 0 Å². The largest absolute Gasteiger partial charge is 0.462 e. The molecule has 146 valence electrons. The molecule has 3 N–H and O–H groups in total. The van der Waals surface area contributed by atoms with Crippen molar-refractivity contribution >= 4 is 23.6 Å². The molecule has 0 saturated carbocycles. The Balaban J connectivity index is 4.18. The molecule has 26 heavy (non-hydrogen) atoms. The number of nitrogens with one attached hydrogen (secondary N) is 2. The van der Waals surface area contributed by atoms with Crippen LogP contribution in [0.25, 0.3) is 0 Å². The van der Waals surface area contributed by atoms with E-state index in [2.05, 4.69) is 4.99 Å². The maximum absolute atomic E-state index is 11.5. The molecule has 0 bridgehead atoms. The van der Waals surface area contributed by atoms with Crippen LogP contribution >= 0.6 is 0 Å². The Morgan fingerprint density at radius 1 is 1.31 bits per heavy atom. The van der Waals surface area contributed by atoms with Gasteiger partial charge in [-0.05, 0) is 25.2 Å². The summed E-state index contributed by atoms with van der Waals surface area (Å²) in [5, 5.41) is 21.0. The van der Waals surface area contributed by atoms with Crippen molar-refractivity contribution in [3.05, 3.63) is 22.1 Å². The van der Waals surface area contributed by atoms with Crippen LogP contribution in [0.3, 0.4) is 0 Å². The highest BCUT2D eigenvalue weighted by Gasteiger charge is 2.17. The summed E-state index contributed by atoms with van der Waals surface area (Å²) < 4.78 is 4.94. The standard InChI is InChI=1S/C14H23N5O7/c1-10(2)15-9-12(19(24)25)18(3)7-8-26-13(21)6-4-5-11(20)16-14(22)17-23/h9,23H,4-8H2,1-3H3,(H2,16,17,20,22)/b12-9+. The second-order valence-electron chi connectivity index (χ2n) is 5.31. The van der Waals surface area contributed by atoms with Crippen molar-refractivity contribution in [3.8, 4) is 0 Å². The minimum atomic E-state index is -1.06. The maximum Gasteiger partial charge on any atom is 0.345 e. The number of likely N-dealkylation sites (N-methyl/N-ethyl adjacent to an activating group) is 1. The first-order valence-electron chi connectivity index (χ1n) is 7.63. The van der Waals surface area contributed by atoms with Gasteiger partial charge in [0.15, 0.2) is 0 Å². The molecular formula is C14H23N5O7. The molecule has 0 heterocycles. The highest BCUT2D eigenvalue weighted by atomic mass is 16.6.